The van der Waals surface area contributed by atoms with Crippen molar-refractivity contribution in [2.75, 3.05) is 19.7 Å². The van der Waals surface area contributed by atoms with Crippen LogP contribution in [0.15, 0.2) is 30.3 Å². The lowest BCUT2D eigenvalue weighted by atomic mass is 10.1. The molecule has 0 saturated carbocycles. The van der Waals surface area contributed by atoms with Gasteiger partial charge >= 0.3 is 0 Å². The molecule has 5 heteroatoms. The Bertz CT molecular complexity index is 434. The van der Waals surface area contributed by atoms with E-state index in [1.807, 2.05) is 30.3 Å². The molecule has 0 spiro atoms. The quantitative estimate of drug-likeness (QED) is 0.766. The zero-order valence-corrected chi connectivity index (χ0v) is 12.0. The Morgan fingerprint density at radius 2 is 1.95 bits per heavy atom. The van der Waals surface area contributed by atoms with Crippen molar-refractivity contribution in [2.24, 2.45) is 0 Å². The molecule has 110 valence electrons. The number of rotatable bonds is 7. The van der Waals surface area contributed by atoms with E-state index in [2.05, 4.69) is 5.32 Å². The molecule has 1 atom stereocenters. The minimum Gasteiger partial charge on any atom is -0.394 e. The van der Waals surface area contributed by atoms with Crippen LogP contribution in [0.4, 0.5) is 0 Å². The van der Waals surface area contributed by atoms with E-state index >= 15 is 0 Å². The van der Waals surface area contributed by atoms with E-state index in [0.29, 0.717) is 13.0 Å². The fraction of sp³-hybridized carbons (Fsp3) is 0.467. The lowest BCUT2D eigenvalue weighted by Crippen LogP contribution is -2.44. The van der Waals surface area contributed by atoms with Crippen molar-refractivity contribution in [1.29, 1.82) is 0 Å². The van der Waals surface area contributed by atoms with Gasteiger partial charge in [-0.05, 0) is 18.9 Å². The molecule has 0 aliphatic heterocycles. The summed E-state index contributed by atoms with van der Waals surface area (Å²) in [5.41, 5.74) is 1.13. The van der Waals surface area contributed by atoms with Crippen LogP contribution in [0, 0.1) is 0 Å². The van der Waals surface area contributed by atoms with Crippen LogP contribution >= 0.6 is 0 Å². The molecule has 0 aliphatic rings. The van der Waals surface area contributed by atoms with E-state index in [1.165, 1.54) is 11.8 Å². The zero-order valence-electron chi connectivity index (χ0n) is 12.0. The highest BCUT2D eigenvalue weighted by molar-refractivity contribution is 5.83. The average Bonchev–Trinajstić information content (AvgIpc) is 2.44. The summed E-state index contributed by atoms with van der Waals surface area (Å²) in [6, 6.07) is 9.52. The molecule has 0 radical (unpaired) electrons. The predicted octanol–water partition coefficient (Wildman–Crippen LogP) is 0.575. The molecule has 0 aromatic heterocycles. The molecule has 1 unspecified atom stereocenters. The topological polar surface area (TPSA) is 69.6 Å². The highest BCUT2D eigenvalue weighted by Gasteiger charge is 2.14. The first-order valence-corrected chi connectivity index (χ1v) is 6.72. The van der Waals surface area contributed by atoms with Crippen molar-refractivity contribution >= 4 is 11.8 Å². The van der Waals surface area contributed by atoms with Crippen LogP contribution in [-0.2, 0) is 16.0 Å². The smallest absolute Gasteiger partial charge is 0.239 e. The van der Waals surface area contributed by atoms with Gasteiger partial charge in [-0.3, -0.25) is 9.59 Å². The third-order valence-electron chi connectivity index (χ3n) is 2.97. The number of carbonyl (C=O) groups is 2. The van der Waals surface area contributed by atoms with Gasteiger partial charge in [0.05, 0.1) is 13.2 Å². The lowest BCUT2D eigenvalue weighted by Gasteiger charge is -2.21. The van der Waals surface area contributed by atoms with Gasteiger partial charge in [-0.2, -0.15) is 0 Å². The zero-order chi connectivity index (χ0) is 15.0. The van der Waals surface area contributed by atoms with Gasteiger partial charge in [0.1, 0.15) is 0 Å². The summed E-state index contributed by atoms with van der Waals surface area (Å²) >= 11 is 0. The molecule has 1 rings (SSSR count). The molecule has 0 heterocycles. The second-order valence-corrected chi connectivity index (χ2v) is 4.83. The Labute approximate surface area is 119 Å². The molecule has 2 amide bonds. The van der Waals surface area contributed by atoms with Gasteiger partial charge in [0, 0.05) is 19.5 Å². The number of aliphatic hydroxyl groups excluding tert-OH is 1. The summed E-state index contributed by atoms with van der Waals surface area (Å²) in [5, 5.41) is 11.5. The fourth-order valence-electron chi connectivity index (χ4n) is 1.80. The van der Waals surface area contributed by atoms with Crippen LogP contribution in [-0.4, -0.2) is 47.6 Å². The van der Waals surface area contributed by atoms with E-state index in [0.717, 1.165) is 5.56 Å². The van der Waals surface area contributed by atoms with E-state index in [1.54, 1.807) is 6.92 Å². The number of hydrogen-bond acceptors (Lipinski definition) is 3. The highest BCUT2D eigenvalue weighted by Crippen LogP contribution is 2.02. The molecule has 1 aromatic rings. The Hall–Kier alpha value is -1.88. The van der Waals surface area contributed by atoms with Gasteiger partial charge in [-0.25, -0.2) is 0 Å². The van der Waals surface area contributed by atoms with Crippen molar-refractivity contribution in [1.82, 2.24) is 10.2 Å². The third-order valence-corrected chi connectivity index (χ3v) is 2.97. The van der Waals surface area contributed by atoms with Gasteiger partial charge < -0.3 is 15.3 Å². The van der Waals surface area contributed by atoms with Gasteiger partial charge in [0.2, 0.25) is 11.8 Å². The van der Waals surface area contributed by atoms with Crippen LogP contribution in [0.2, 0.25) is 0 Å². The maximum absolute atomic E-state index is 11.7. The summed E-state index contributed by atoms with van der Waals surface area (Å²) in [5.74, 6) is -0.387. The van der Waals surface area contributed by atoms with E-state index in [4.69, 9.17) is 5.11 Å². The summed E-state index contributed by atoms with van der Waals surface area (Å²) < 4.78 is 0. The van der Waals surface area contributed by atoms with Crippen molar-refractivity contribution in [3.63, 3.8) is 0 Å². The van der Waals surface area contributed by atoms with Crippen LogP contribution < -0.4 is 5.32 Å². The molecular formula is C15H22N2O3. The van der Waals surface area contributed by atoms with E-state index < -0.39 is 0 Å². The van der Waals surface area contributed by atoms with E-state index in [-0.39, 0.29) is 31.0 Å². The Balaban J connectivity index is 2.48. The molecular weight excluding hydrogens is 256 g/mol. The van der Waals surface area contributed by atoms with Crippen LogP contribution in [0.25, 0.3) is 0 Å². The number of nitrogens with one attached hydrogen (secondary N) is 1. The van der Waals surface area contributed by atoms with Crippen molar-refractivity contribution < 1.29 is 14.7 Å². The van der Waals surface area contributed by atoms with Gasteiger partial charge in [-0.1, -0.05) is 30.3 Å². The number of aliphatic hydroxyl groups is 1. The fourth-order valence-corrected chi connectivity index (χ4v) is 1.80. The first kappa shape index (κ1) is 16.2. The minimum atomic E-state index is -0.301. The first-order chi connectivity index (χ1) is 9.52. The Kier molecular flexibility index (Phi) is 6.73. The predicted molar refractivity (Wildman–Crippen MR) is 77.1 cm³/mol. The molecule has 0 aliphatic carbocycles. The average molecular weight is 278 g/mol. The van der Waals surface area contributed by atoms with Crippen LogP contribution in [0.1, 0.15) is 19.4 Å². The summed E-state index contributed by atoms with van der Waals surface area (Å²) in [7, 11) is 0. The van der Waals surface area contributed by atoms with Crippen molar-refractivity contribution in [2.45, 2.75) is 26.3 Å². The maximum Gasteiger partial charge on any atom is 0.239 e. The molecule has 2 N–H and O–H groups in total. The Morgan fingerprint density at radius 1 is 1.30 bits per heavy atom. The van der Waals surface area contributed by atoms with Crippen LogP contribution in [0.5, 0.6) is 0 Å². The molecule has 20 heavy (non-hydrogen) atoms. The number of benzene rings is 1. The maximum atomic E-state index is 11.7. The van der Waals surface area contributed by atoms with E-state index in [9.17, 15) is 9.59 Å². The monoisotopic (exact) mass is 278 g/mol. The number of amides is 2. The number of hydrogen-bond donors (Lipinski definition) is 2. The summed E-state index contributed by atoms with van der Waals surface area (Å²) in [6.07, 6.45) is 0.712. The lowest BCUT2D eigenvalue weighted by molar-refractivity contribution is -0.134. The normalized spacial score (nSPS) is 11.8. The number of nitrogens with zero attached hydrogens (tertiary/aromatic N) is 1. The van der Waals surface area contributed by atoms with Gasteiger partial charge in [-0.15, -0.1) is 0 Å². The van der Waals surface area contributed by atoms with Gasteiger partial charge in [0.15, 0.2) is 0 Å². The molecule has 5 nitrogen and oxygen atoms in total. The van der Waals surface area contributed by atoms with Gasteiger partial charge in [0.25, 0.3) is 0 Å². The molecule has 0 fully saturated rings. The second kappa shape index (κ2) is 8.32. The molecule has 0 bridgehead atoms. The summed E-state index contributed by atoms with van der Waals surface area (Å²) in [4.78, 5) is 24.8. The summed E-state index contributed by atoms with van der Waals surface area (Å²) in [6.45, 7) is 3.57. The van der Waals surface area contributed by atoms with Crippen molar-refractivity contribution in [3.8, 4) is 0 Å². The number of carbonyl (C=O) groups excluding carboxylic acids is 2. The Morgan fingerprint density at radius 3 is 2.50 bits per heavy atom. The first-order valence-electron chi connectivity index (χ1n) is 6.72. The van der Waals surface area contributed by atoms with Crippen molar-refractivity contribution in [3.05, 3.63) is 35.9 Å². The largest absolute Gasteiger partial charge is 0.394 e. The molecule has 0 saturated heterocycles. The SMILES string of the molecule is CC(=O)N(CCc1ccccc1)CC(=O)NC(C)CO. The second-order valence-electron chi connectivity index (χ2n) is 4.83. The highest BCUT2D eigenvalue weighted by atomic mass is 16.3. The minimum absolute atomic E-state index is 0.0203. The third kappa shape index (κ3) is 5.84. The standard InChI is InChI=1S/C15H22N2O3/c1-12(11-18)16-15(20)10-17(13(2)19)9-8-14-6-4-3-5-7-14/h3-7,12,18H,8-11H2,1-2H3,(H,16,20). The van der Waals surface area contributed by atoms with Crippen LogP contribution in [0.3, 0.4) is 0 Å². The molecule has 1 aromatic carbocycles.